The van der Waals surface area contributed by atoms with Gasteiger partial charge in [0.1, 0.15) is 0 Å². The first-order valence-electron chi connectivity index (χ1n) is 6.95. The molecule has 4 N–H and O–H groups in total. The number of unbranched alkanes of at least 4 members (excludes halogenated alkanes) is 1. The topological polar surface area (TPSA) is 83.6 Å². The Kier molecular flexibility index (Phi) is 6.47. The molecule has 0 saturated heterocycles. The number of halogens is 2. The molecule has 7 heteroatoms. The molecule has 0 radical (unpaired) electrons. The van der Waals surface area contributed by atoms with Gasteiger partial charge in [-0.1, -0.05) is 44.0 Å². The lowest BCUT2D eigenvalue weighted by Gasteiger charge is -2.19. The molecule has 0 saturated carbocycles. The first kappa shape index (κ1) is 18.2. The highest BCUT2D eigenvalue weighted by molar-refractivity contribution is 7.52. The Morgan fingerprint density at radius 1 is 1.29 bits per heavy atom. The predicted molar refractivity (Wildman–Crippen MR) is 78.2 cm³/mol. The molecule has 0 aromatic heterocycles. The molecule has 0 heterocycles. The van der Waals surface area contributed by atoms with Gasteiger partial charge in [0.05, 0.1) is 0 Å². The third kappa shape index (κ3) is 4.85. The van der Waals surface area contributed by atoms with Gasteiger partial charge in [0.15, 0.2) is 0 Å². The van der Waals surface area contributed by atoms with Crippen LogP contribution in [0.5, 0.6) is 0 Å². The minimum atomic E-state index is -5.51. The lowest BCUT2D eigenvalue weighted by molar-refractivity contribution is 0.0564. The van der Waals surface area contributed by atoms with Crippen LogP contribution in [0.15, 0.2) is 24.3 Å². The van der Waals surface area contributed by atoms with Crippen LogP contribution < -0.4 is 5.73 Å². The number of benzene rings is 1. The molecule has 0 aliphatic rings. The van der Waals surface area contributed by atoms with E-state index >= 15 is 0 Å². The van der Waals surface area contributed by atoms with Gasteiger partial charge in [0.2, 0.25) is 0 Å². The Morgan fingerprint density at radius 3 is 2.29 bits per heavy atom. The summed E-state index contributed by atoms with van der Waals surface area (Å²) in [5.74, 6) is 0.290. The van der Waals surface area contributed by atoms with Crippen molar-refractivity contribution in [1.82, 2.24) is 0 Å². The summed E-state index contributed by atoms with van der Waals surface area (Å²) < 4.78 is 37.8. The quantitative estimate of drug-likeness (QED) is 0.642. The van der Waals surface area contributed by atoms with Crippen LogP contribution >= 0.6 is 7.60 Å². The van der Waals surface area contributed by atoms with Gasteiger partial charge < -0.3 is 15.5 Å². The van der Waals surface area contributed by atoms with Crippen molar-refractivity contribution in [2.75, 3.05) is 6.54 Å². The second-order valence-corrected chi connectivity index (χ2v) is 6.88. The van der Waals surface area contributed by atoms with Crippen LogP contribution in [-0.2, 0) is 16.6 Å². The molecule has 0 aliphatic heterocycles. The highest BCUT2D eigenvalue weighted by atomic mass is 31.2. The van der Waals surface area contributed by atoms with E-state index in [1.807, 2.05) is 0 Å². The zero-order valence-electron chi connectivity index (χ0n) is 12.0. The number of alkyl halides is 2. The van der Waals surface area contributed by atoms with Gasteiger partial charge in [-0.05, 0) is 30.9 Å². The maximum absolute atomic E-state index is 13.5. The predicted octanol–water partition coefficient (Wildman–Crippen LogP) is 3.22. The third-order valence-corrected chi connectivity index (χ3v) is 4.48. The van der Waals surface area contributed by atoms with Gasteiger partial charge in [0, 0.05) is 5.56 Å². The van der Waals surface area contributed by atoms with Crippen LogP contribution in [0.25, 0.3) is 0 Å². The molecule has 0 bridgehead atoms. The normalized spacial score (nSPS) is 14.2. The molecule has 1 atom stereocenters. The maximum atomic E-state index is 13.5. The lowest BCUT2D eigenvalue weighted by atomic mass is 9.94. The fourth-order valence-corrected chi connectivity index (χ4v) is 2.62. The number of hydrogen-bond donors (Lipinski definition) is 3. The van der Waals surface area contributed by atoms with Gasteiger partial charge in [0.25, 0.3) is 0 Å². The van der Waals surface area contributed by atoms with E-state index in [0.29, 0.717) is 13.0 Å². The Bertz CT molecular complexity index is 487. The summed E-state index contributed by atoms with van der Waals surface area (Å²) in [6, 6.07) is 5.10. The molecule has 0 fully saturated rings. The Labute approximate surface area is 123 Å². The van der Waals surface area contributed by atoms with E-state index in [0.717, 1.165) is 37.0 Å². The first-order valence-corrected chi connectivity index (χ1v) is 8.56. The van der Waals surface area contributed by atoms with Crippen LogP contribution in [-0.4, -0.2) is 16.3 Å². The van der Waals surface area contributed by atoms with E-state index in [2.05, 4.69) is 6.92 Å². The summed E-state index contributed by atoms with van der Waals surface area (Å²) in [5.41, 5.74) is 1.71. The van der Waals surface area contributed by atoms with Crippen molar-refractivity contribution in [3.8, 4) is 0 Å². The molecular formula is C14H22F2NO3P. The second-order valence-electron chi connectivity index (χ2n) is 5.23. The fourth-order valence-electron chi connectivity index (χ4n) is 2.14. The average molecular weight is 321 g/mol. The van der Waals surface area contributed by atoms with Crippen LogP contribution in [0.1, 0.15) is 37.3 Å². The maximum Gasteiger partial charge on any atom is 0.399 e. The van der Waals surface area contributed by atoms with Crippen LogP contribution in [0.3, 0.4) is 0 Å². The third-order valence-electron chi connectivity index (χ3n) is 3.49. The molecule has 120 valence electrons. The summed E-state index contributed by atoms with van der Waals surface area (Å²) in [5, 5.41) is 0. The highest BCUT2D eigenvalue weighted by Crippen LogP contribution is 2.59. The SMILES string of the molecule is CCCCC(CN)Cc1ccc(C(F)(F)P(=O)(O)O)cc1. The molecule has 1 rings (SSSR count). The molecule has 1 aromatic carbocycles. The van der Waals surface area contributed by atoms with E-state index in [4.69, 9.17) is 15.5 Å². The first-order chi connectivity index (χ1) is 9.72. The Balaban J connectivity index is 2.81. The van der Waals surface area contributed by atoms with Gasteiger partial charge in [-0.2, -0.15) is 8.78 Å². The standard InChI is InChI=1S/C14H22F2NO3P/c1-2-3-4-12(10-17)9-11-5-7-13(8-6-11)14(15,16)21(18,19)20/h5-8,12H,2-4,9-10,17H2,1H3,(H2,18,19,20). The van der Waals surface area contributed by atoms with Crippen molar-refractivity contribution in [2.45, 2.75) is 38.3 Å². The van der Waals surface area contributed by atoms with E-state index in [1.54, 1.807) is 0 Å². The monoisotopic (exact) mass is 321 g/mol. The van der Waals surface area contributed by atoms with Gasteiger partial charge in [-0.15, -0.1) is 0 Å². The van der Waals surface area contributed by atoms with Gasteiger partial charge in [-0.3, -0.25) is 4.57 Å². The molecule has 0 spiro atoms. The van der Waals surface area contributed by atoms with Crippen molar-refractivity contribution in [1.29, 1.82) is 0 Å². The van der Waals surface area contributed by atoms with Crippen molar-refractivity contribution < 1.29 is 23.1 Å². The highest BCUT2D eigenvalue weighted by Gasteiger charge is 2.50. The minimum absolute atomic E-state index is 0.290. The summed E-state index contributed by atoms with van der Waals surface area (Å²) in [6.45, 7) is 2.62. The van der Waals surface area contributed by atoms with E-state index in [1.165, 1.54) is 12.1 Å². The van der Waals surface area contributed by atoms with Crippen molar-refractivity contribution in [3.63, 3.8) is 0 Å². The molecular weight excluding hydrogens is 299 g/mol. The molecule has 21 heavy (non-hydrogen) atoms. The van der Waals surface area contributed by atoms with Crippen molar-refractivity contribution >= 4 is 7.60 Å². The summed E-state index contributed by atoms with van der Waals surface area (Å²) in [7, 11) is -5.51. The molecule has 4 nitrogen and oxygen atoms in total. The van der Waals surface area contributed by atoms with Gasteiger partial charge >= 0.3 is 13.3 Å². The molecule has 0 aliphatic carbocycles. The molecule has 1 unspecified atom stereocenters. The molecule has 0 amide bonds. The largest absolute Gasteiger partial charge is 0.399 e. The van der Waals surface area contributed by atoms with Crippen LogP contribution in [0, 0.1) is 5.92 Å². The fraction of sp³-hybridized carbons (Fsp3) is 0.571. The summed E-state index contributed by atoms with van der Waals surface area (Å²) in [4.78, 5) is 17.4. The average Bonchev–Trinajstić information content (AvgIpc) is 2.42. The Morgan fingerprint density at radius 2 is 1.86 bits per heavy atom. The van der Waals surface area contributed by atoms with E-state index in [9.17, 15) is 13.3 Å². The van der Waals surface area contributed by atoms with Gasteiger partial charge in [-0.25, -0.2) is 0 Å². The summed E-state index contributed by atoms with van der Waals surface area (Å²) in [6.07, 6.45) is 3.80. The van der Waals surface area contributed by atoms with Crippen LogP contribution in [0.4, 0.5) is 8.78 Å². The Hall–Kier alpha value is -0.810. The second kappa shape index (κ2) is 7.45. The smallest absolute Gasteiger partial charge is 0.330 e. The van der Waals surface area contributed by atoms with Crippen molar-refractivity contribution in [3.05, 3.63) is 35.4 Å². The van der Waals surface area contributed by atoms with Crippen molar-refractivity contribution in [2.24, 2.45) is 11.7 Å². The zero-order valence-corrected chi connectivity index (χ0v) is 12.9. The lowest BCUT2D eigenvalue weighted by Crippen LogP contribution is -2.17. The zero-order chi connectivity index (χ0) is 16.1. The molecule has 1 aromatic rings. The minimum Gasteiger partial charge on any atom is -0.330 e. The van der Waals surface area contributed by atoms with E-state index in [-0.39, 0.29) is 5.92 Å². The summed E-state index contributed by atoms with van der Waals surface area (Å²) >= 11 is 0. The van der Waals surface area contributed by atoms with E-state index < -0.39 is 18.8 Å². The van der Waals surface area contributed by atoms with Crippen LogP contribution in [0.2, 0.25) is 0 Å². The number of hydrogen-bond acceptors (Lipinski definition) is 2. The number of rotatable bonds is 8. The number of nitrogens with two attached hydrogens (primary N) is 1.